The molecule has 3 rings (SSSR count). The Labute approximate surface area is 204 Å². The first-order valence-corrected chi connectivity index (χ1v) is 11.4. The molecule has 1 aromatic carbocycles. The van der Waals surface area contributed by atoms with Gasteiger partial charge in [0.25, 0.3) is 0 Å². The summed E-state index contributed by atoms with van der Waals surface area (Å²) in [4.78, 5) is 7.38. The van der Waals surface area contributed by atoms with Crippen LogP contribution in [-0.2, 0) is 19.5 Å². The monoisotopic (exact) mass is 539 g/mol. The summed E-state index contributed by atoms with van der Waals surface area (Å²) in [6, 6.07) is 10.4. The van der Waals surface area contributed by atoms with E-state index in [-0.39, 0.29) is 24.0 Å². The van der Waals surface area contributed by atoms with Gasteiger partial charge in [-0.2, -0.15) is 0 Å². The lowest BCUT2D eigenvalue weighted by Crippen LogP contribution is -2.41. The number of nitrogens with zero attached hydrogens (tertiary/aromatic N) is 5. The Morgan fingerprint density at radius 3 is 2.58 bits per heavy atom. The summed E-state index contributed by atoms with van der Waals surface area (Å²) in [7, 11) is 0. The van der Waals surface area contributed by atoms with Crippen LogP contribution in [0.25, 0.3) is 0 Å². The fourth-order valence-corrected chi connectivity index (χ4v) is 3.76. The number of benzene rings is 1. The number of piperidine rings is 1. The predicted octanol–water partition coefficient (Wildman–Crippen LogP) is 3.32. The minimum absolute atomic E-state index is 0. The zero-order valence-corrected chi connectivity index (χ0v) is 21.3. The molecule has 0 unspecified atom stereocenters. The second kappa shape index (κ2) is 14.4. The number of nitrogens with one attached hydrogen (secondary N) is 2. The third-order valence-corrected chi connectivity index (χ3v) is 5.74. The van der Waals surface area contributed by atoms with Gasteiger partial charge in [-0.3, -0.25) is 0 Å². The number of likely N-dealkylation sites (tertiary alicyclic amines) is 1. The van der Waals surface area contributed by atoms with Crippen LogP contribution in [0.15, 0.2) is 41.7 Å². The maximum atomic E-state index is 4.79. The van der Waals surface area contributed by atoms with Crippen LogP contribution in [0.2, 0.25) is 0 Å². The summed E-state index contributed by atoms with van der Waals surface area (Å²) in [5, 5.41) is 15.2. The summed E-state index contributed by atoms with van der Waals surface area (Å²) in [6.07, 6.45) is 6.49. The Balaban J connectivity index is 0.00000341. The molecule has 0 amide bonds. The number of rotatable bonds is 10. The molecule has 0 radical (unpaired) electrons. The SMILES string of the molecule is CCc1nncn1CCNC(=NCc1ccccc1)NCCCN1CCC(C)CC1.I. The van der Waals surface area contributed by atoms with Crippen LogP contribution in [0.1, 0.15) is 44.5 Å². The number of aliphatic imine (C=N–C) groups is 1. The van der Waals surface area contributed by atoms with Crippen LogP contribution < -0.4 is 10.6 Å². The van der Waals surface area contributed by atoms with Crippen LogP contribution in [0, 0.1) is 5.92 Å². The summed E-state index contributed by atoms with van der Waals surface area (Å²) < 4.78 is 2.10. The standard InChI is InChI=1S/C23H37N7.HI/c1-3-22-28-27-19-30(22)17-13-25-23(26-18-21-8-5-4-6-9-21)24-12-7-14-29-15-10-20(2)11-16-29;/h4-6,8-9,19-20H,3,7,10-18H2,1-2H3,(H2,24,25,26);1H. The van der Waals surface area contributed by atoms with E-state index in [1.807, 2.05) is 6.07 Å². The van der Waals surface area contributed by atoms with Crippen LogP contribution in [0.4, 0.5) is 0 Å². The van der Waals surface area contributed by atoms with Crippen molar-refractivity contribution in [1.82, 2.24) is 30.3 Å². The molecule has 1 aromatic heterocycles. The second-order valence-electron chi connectivity index (χ2n) is 8.18. The van der Waals surface area contributed by atoms with Gasteiger partial charge in [0.05, 0.1) is 6.54 Å². The Morgan fingerprint density at radius 1 is 1.10 bits per heavy atom. The number of guanidine groups is 1. The Morgan fingerprint density at radius 2 is 1.84 bits per heavy atom. The number of hydrogen-bond donors (Lipinski definition) is 2. The fraction of sp³-hybridized carbons (Fsp3) is 0.609. The highest BCUT2D eigenvalue weighted by molar-refractivity contribution is 14.0. The van der Waals surface area contributed by atoms with Gasteiger partial charge in [-0.05, 0) is 50.4 Å². The third kappa shape index (κ3) is 9.14. The Kier molecular flexibility index (Phi) is 11.9. The van der Waals surface area contributed by atoms with Crippen molar-refractivity contribution < 1.29 is 0 Å². The van der Waals surface area contributed by atoms with E-state index in [0.29, 0.717) is 6.54 Å². The fourth-order valence-electron chi connectivity index (χ4n) is 3.76. The molecule has 2 N–H and O–H groups in total. The van der Waals surface area contributed by atoms with E-state index in [1.54, 1.807) is 6.33 Å². The molecule has 1 fully saturated rings. The van der Waals surface area contributed by atoms with Crippen molar-refractivity contribution in [3.8, 4) is 0 Å². The highest BCUT2D eigenvalue weighted by Gasteiger charge is 2.14. The van der Waals surface area contributed by atoms with Crippen LogP contribution in [0.3, 0.4) is 0 Å². The first-order chi connectivity index (χ1) is 14.7. The van der Waals surface area contributed by atoms with E-state index in [9.17, 15) is 0 Å². The lowest BCUT2D eigenvalue weighted by Gasteiger charge is -2.30. The molecule has 1 saturated heterocycles. The van der Waals surface area contributed by atoms with Gasteiger partial charge in [0.2, 0.25) is 0 Å². The van der Waals surface area contributed by atoms with Gasteiger partial charge in [-0.15, -0.1) is 34.2 Å². The Hall–Kier alpha value is -1.68. The molecule has 0 aliphatic carbocycles. The van der Waals surface area contributed by atoms with Crippen molar-refractivity contribution in [3.05, 3.63) is 48.0 Å². The lowest BCUT2D eigenvalue weighted by molar-refractivity contribution is 0.191. The van der Waals surface area contributed by atoms with Gasteiger partial charge in [0.15, 0.2) is 5.96 Å². The molecule has 31 heavy (non-hydrogen) atoms. The smallest absolute Gasteiger partial charge is 0.191 e. The van der Waals surface area contributed by atoms with Gasteiger partial charge in [0.1, 0.15) is 12.2 Å². The minimum atomic E-state index is 0. The maximum Gasteiger partial charge on any atom is 0.191 e. The number of aryl methyl sites for hydroxylation is 1. The number of aromatic nitrogens is 3. The molecule has 1 aliphatic heterocycles. The Bertz CT molecular complexity index is 754. The van der Waals surface area contributed by atoms with Crippen molar-refractivity contribution in [2.45, 2.75) is 52.6 Å². The highest BCUT2D eigenvalue weighted by atomic mass is 127. The average molecular weight is 540 g/mol. The number of hydrogen-bond acceptors (Lipinski definition) is 4. The summed E-state index contributed by atoms with van der Waals surface area (Å²) >= 11 is 0. The molecule has 0 spiro atoms. The van der Waals surface area contributed by atoms with E-state index in [4.69, 9.17) is 4.99 Å². The predicted molar refractivity (Wildman–Crippen MR) is 138 cm³/mol. The lowest BCUT2D eigenvalue weighted by atomic mass is 9.99. The molecule has 172 valence electrons. The van der Waals surface area contributed by atoms with E-state index < -0.39 is 0 Å². The maximum absolute atomic E-state index is 4.79. The summed E-state index contributed by atoms with van der Waals surface area (Å²) in [6.45, 7) is 11.3. The van der Waals surface area contributed by atoms with Crippen LogP contribution in [0.5, 0.6) is 0 Å². The molecule has 2 aromatic rings. The highest BCUT2D eigenvalue weighted by Crippen LogP contribution is 2.15. The van der Waals surface area contributed by atoms with Crippen molar-refractivity contribution in [3.63, 3.8) is 0 Å². The zero-order chi connectivity index (χ0) is 21.0. The molecule has 0 bridgehead atoms. The quantitative estimate of drug-likeness (QED) is 0.210. The topological polar surface area (TPSA) is 70.4 Å². The minimum Gasteiger partial charge on any atom is -0.356 e. The molecule has 8 heteroatoms. The molecular weight excluding hydrogens is 501 g/mol. The van der Waals surface area contributed by atoms with E-state index >= 15 is 0 Å². The summed E-state index contributed by atoms with van der Waals surface area (Å²) in [5.74, 6) is 2.78. The van der Waals surface area contributed by atoms with E-state index in [0.717, 1.165) is 56.7 Å². The second-order valence-corrected chi connectivity index (χ2v) is 8.18. The number of halogens is 1. The van der Waals surface area contributed by atoms with Gasteiger partial charge in [-0.1, -0.05) is 44.2 Å². The van der Waals surface area contributed by atoms with Gasteiger partial charge < -0.3 is 20.1 Å². The summed E-state index contributed by atoms with van der Waals surface area (Å²) in [5.41, 5.74) is 1.22. The van der Waals surface area contributed by atoms with Crippen LogP contribution in [-0.4, -0.2) is 58.3 Å². The van der Waals surface area contributed by atoms with Crippen molar-refractivity contribution >= 4 is 29.9 Å². The zero-order valence-electron chi connectivity index (χ0n) is 19.0. The van der Waals surface area contributed by atoms with Crippen molar-refractivity contribution in [2.75, 3.05) is 32.7 Å². The van der Waals surface area contributed by atoms with Crippen molar-refractivity contribution in [1.29, 1.82) is 0 Å². The van der Waals surface area contributed by atoms with Crippen LogP contribution >= 0.6 is 24.0 Å². The average Bonchev–Trinajstić information content (AvgIpc) is 3.24. The molecule has 7 nitrogen and oxygen atoms in total. The molecule has 1 aliphatic rings. The molecule has 2 heterocycles. The van der Waals surface area contributed by atoms with Gasteiger partial charge >= 0.3 is 0 Å². The normalized spacial score (nSPS) is 15.5. The van der Waals surface area contributed by atoms with Crippen molar-refractivity contribution in [2.24, 2.45) is 10.9 Å². The van der Waals surface area contributed by atoms with E-state index in [2.05, 4.69) is 68.4 Å². The van der Waals surface area contributed by atoms with E-state index in [1.165, 1.54) is 31.5 Å². The van der Waals surface area contributed by atoms with Gasteiger partial charge in [0, 0.05) is 26.1 Å². The largest absolute Gasteiger partial charge is 0.356 e. The third-order valence-electron chi connectivity index (χ3n) is 5.74. The van der Waals surface area contributed by atoms with Gasteiger partial charge in [-0.25, -0.2) is 4.99 Å². The molecular formula is C23H38IN7. The molecule has 0 saturated carbocycles. The first kappa shape index (κ1) is 25.6. The first-order valence-electron chi connectivity index (χ1n) is 11.4. The molecule has 0 atom stereocenters.